The van der Waals surface area contributed by atoms with Gasteiger partial charge in [-0.3, -0.25) is 9.00 Å². The molecular formula is C14H26O3S. The molecule has 0 radical (unpaired) electrons. The summed E-state index contributed by atoms with van der Waals surface area (Å²) < 4.78 is 11.5. The number of carbonyl (C=O) groups is 1. The smallest absolute Gasteiger partial charge is 0.151 e. The van der Waals surface area contributed by atoms with Gasteiger partial charge in [-0.1, -0.05) is 32.4 Å². The monoisotopic (exact) mass is 274 g/mol. The van der Waals surface area contributed by atoms with Gasteiger partial charge in [-0.2, -0.15) is 0 Å². The van der Waals surface area contributed by atoms with E-state index in [4.69, 9.17) is 0 Å². The second-order valence-corrected chi connectivity index (χ2v) is 7.77. The third-order valence-corrected chi connectivity index (χ3v) is 4.68. The molecule has 0 aliphatic carbocycles. The van der Waals surface area contributed by atoms with Crippen molar-refractivity contribution in [3.8, 4) is 0 Å². The molecule has 0 spiro atoms. The second kappa shape index (κ2) is 7.85. The number of carbonyl (C=O) groups excluding carboxylic acids is 1. The highest BCUT2D eigenvalue weighted by Crippen LogP contribution is 2.14. The molecule has 1 N–H and O–H groups in total. The highest BCUT2D eigenvalue weighted by Gasteiger charge is 2.26. The fraction of sp³-hybridized carbons (Fsp3) is 0.786. The topological polar surface area (TPSA) is 54.4 Å². The molecule has 0 aliphatic heterocycles. The Kier molecular flexibility index (Phi) is 7.64. The zero-order valence-electron chi connectivity index (χ0n) is 12.1. The molecule has 2 unspecified atom stereocenters. The highest BCUT2D eigenvalue weighted by molar-refractivity contribution is 7.87. The summed E-state index contributed by atoms with van der Waals surface area (Å²) >= 11 is 0. The van der Waals surface area contributed by atoms with E-state index < -0.39 is 27.6 Å². The van der Waals surface area contributed by atoms with Gasteiger partial charge >= 0.3 is 0 Å². The fourth-order valence-corrected chi connectivity index (χ4v) is 2.19. The molecule has 0 aliphatic rings. The Morgan fingerprint density at radius 3 is 2.39 bits per heavy atom. The van der Waals surface area contributed by atoms with Crippen LogP contribution < -0.4 is 0 Å². The lowest BCUT2D eigenvalue weighted by atomic mass is 10.00. The highest BCUT2D eigenvalue weighted by atomic mass is 32.2. The quantitative estimate of drug-likeness (QED) is 0.726. The van der Waals surface area contributed by atoms with Gasteiger partial charge in [0.15, 0.2) is 5.78 Å². The lowest BCUT2D eigenvalue weighted by Gasteiger charge is -2.20. The lowest BCUT2D eigenvalue weighted by Crippen LogP contribution is -2.33. The van der Waals surface area contributed by atoms with Gasteiger partial charge in [0.2, 0.25) is 0 Å². The van der Waals surface area contributed by atoms with E-state index in [0.717, 1.165) is 12.8 Å². The van der Waals surface area contributed by atoms with E-state index in [2.05, 4.69) is 6.92 Å². The molecule has 0 aromatic rings. The van der Waals surface area contributed by atoms with Crippen molar-refractivity contribution in [3.05, 3.63) is 12.2 Å². The van der Waals surface area contributed by atoms with Crippen LogP contribution in [0.5, 0.6) is 0 Å². The minimum atomic E-state index is -1.20. The van der Waals surface area contributed by atoms with Gasteiger partial charge in [-0.05, 0) is 27.2 Å². The van der Waals surface area contributed by atoms with Crippen molar-refractivity contribution in [2.24, 2.45) is 5.92 Å². The van der Waals surface area contributed by atoms with Crippen molar-refractivity contribution in [1.29, 1.82) is 0 Å². The number of allylic oxidation sites excluding steroid dienone is 1. The van der Waals surface area contributed by atoms with Crippen molar-refractivity contribution in [2.75, 3.05) is 5.75 Å². The van der Waals surface area contributed by atoms with Crippen LogP contribution in [-0.2, 0) is 15.6 Å². The number of Topliss-reactive ketones (excluding diaryl/α,β-unsaturated/α-hetero) is 1. The number of aliphatic hydroxyl groups excluding tert-OH is 1. The largest absolute Gasteiger partial charge is 0.388 e. The third-order valence-electron chi connectivity index (χ3n) is 2.77. The van der Waals surface area contributed by atoms with Gasteiger partial charge in [0.05, 0.1) is 11.9 Å². The summed E-state index contributed by atoms with van der Waals surface area (Å²) in [5, 5.41) is 9.82. The molecule has 0 saturated carbocycles. The minimum absolute atomic E-state index is 0.0172. The first-order valence-electron chi connectivity index (χ1n) is 6.46. The molecule has 0 fully saturated rings. The van der Waals surface area contributed by atoms with Crippen LogP contribution in [0.4, 0.5) is 0 Å². The van der Waals surface area contributed by atoms with Crippen molar-refractivity contribution in [3.63, 3.8) is 0 Å². The van der Waals surface area contributed by atoms with Gasteiger partial charge in [0.25, 0.3) is 0 Å². The molecule has 3 nitrogen and oxygen atoms in total. The molecule has 0 aromatic carbocycles. The molecule has 4 heteroatoms. The molecule has 0 aromatic heterocycles. The number of hydrogen-bond donors (Lipinski definition) is 1. The molecular weight excluding hydrogens is 248 g/mol. The Labute approximate surface area is 113 Å². The number of rotatable bonds is 7. The summed E-state index contributed by atoms with van der Waals surface area (Å²) in [6, 6.07) is 0. The van der Waals surface area contributed by atoms with Crippen molar-refractivity contribution >= 4 is 16.6 Å². The van der Waals surface area contributed by atoms with Crippen LogP contribution >= 0.6 is 0 Å². The van der Waals surface area contributed by atoms with Gasteiger partial charge in [-0.25, -0.2) is 0 Å². The Morgan fingerprint density at radius 2 is 1.94 bits per heavy atom. The Balaban J connectivity index is 4.38. The maximum atomic E-state index is 11.9. The predicted molar refractivity (Wildman–Crippen MR) is 77.0 cm³/mol. The summed E-state index contributed by atoms with van der Waals surface area (Å²) in [5.41, 5.74) is 0. The zero-order valence-corrected chi connectivity index (χ0v) is 12.9. The van der Waals surface area contributed by atoms with Crippen LogP contribution in [0, 0.1) is 5.92 Å². The van der Waals surface area contributed by atoms with E-state index in [1.165, 1.54) is 0 Å². The van der Waals surface area contributed by atoms with E-state index in [0.29, 0.717) is 0 Å². The maximum Gasteiger partial charge on any atom is 0.151 e. The van der Waals surface area contributed by atoms with Crippen LogP contribution in [0.1, 0.15) is 47.5 Å². The minimum Gasteiger partial charge on any atom is -0.388 e. The first-order valence-corrected chi connectivity index (χ1v) is 7.78. The summed E-state index contributed by atoms with van der Waals surface area (Å²) in [4.78, 5) is 11.9. The first kappa shape index (κ1) is 17.5. The van der Waals surface area contributed by atoms with Crippen molar-refractivity contribution < 1.29 is 14.1 Å². The normalized spacial score (nSPS) is 17.7. The summed E-state index contributed by atoms with van der Waals surface area (Å²) in [6.45, 7) is 9.27. The maximum absolute atomic E-state index is 11.9. The molecule has 0 saturated heterocycles. The van der Waals surface area contributed by atoms with E-state index in [9.17, 15) is 14.1 Å². The molecule has 18 heavy (non-hydrogen) atoms. The summed E-state index contributed by atoms with van der Waals surface area (Å²) in [5.74, 6) is -0.620. The Bertz CT molecular complexity index is 315. The predicted octanol–water partition coefficient (Wildman–Crippen LogP) is 2.46. The van der Waals surface area contributed by atoms with Gasteiger partial charge in [0.1, 0.15) is 0 Å². The lowest BCUT2D eigenvalue weighted by molar-refractivity contribution is -0.122. The standard InChI is InChI=1S/C14H26O3S/c1-6-7-8-9-12(15)11(2)13(16)10-18(17)14(3,4)5/h8-9,11-12,15H,6-7,10H2,1-5H3/b9-8+/t11?,12?,18-/m1/s1. The van der Waals surface area contributed by atoms with Gasteiger partial charge in [0, 0.05) is 21.5 Å². The van der Waals surface area contributed by atoms with Gasteiger partial charge < -0.3 is 5.11 Å². The molecule has 0 rings (SSSR count). The van der Waals surface area contributed by atoms with Crippen LogP contribution in [0.15, 0.2) is 12.2 Å². The molecule has 3 atom stereocenters. The fourth-order valence-electron chi connectivity index (χ4n) is 1.24. The average Bonchev–Trinajstić information content (AvgIpc) is 2.26. The van der Waals surface area contributed by atoms with Gasteiger partial charge in [-0.15, -0.1) is 0 Å². The first-order chi connectivity index (χ1) is 8.20. The average molecular weight is 274 g/mol. The number of hydrogen-bond acceptors (Lipinski definition) is 3. The summed E-state index contributed by atoms with van der Waals surface area (Å²) in [7, 11) is -1.20. The Hall–Kier alpha value is -0.480. The van der Waals surface area contributed by atoms with Crippen LogP contribution in [-0.4, -0.2) is 31.7 Å². The second-order valence-electron chi connectivity index (χ2n) is 5.56. The number of aliphatic hydroxyl groups is 1. The van der Waals surface area contributed by atoms with Crippen LogP contribution in [0.25, 0.3) is 0 Å². The van der Waals surface area contributed by atoms with Crippen molar-refractivity contribution in [1.82, 2.24) is 0 Å². The van der Waals surface area contributed by atoms with E-state index in [1.807, 2.05) is 26.8 Å². The van der Waals surface area contributed by atoms with E-state index >= 15 is 0 Å². The third kappa shape index (κ3) is 6.45. The van der Waals surface area contributed by atoms with Crippen LogP contribution in [0.2, 0.25) is 0 Å². The number of unbranched alkanes of at least 4 members (excludes halogenated alkanes) is 1. The van der Waals surface area contributed by atoms with E-state index in [-0.39, 0.29) is 11.5 Å². The summed E-state index contributed by atoms with van der Waals surface area (Å²) in [6.07, 6.45) is 4.67. The SMILES string of the molecule is CCC/C=C/C(O)C(C)C(=O)C[S@@](=O)C(C)(C)C. The van der Waals surface area contributed by atoms with Crippen LogP contribution in [0.3, 0.4) is 0 Å². The van der Waals surface area contributed by atoms with Crippen molar-refractivity contribution in [2.45, 2.75) is 58.3 Å². The van der Waals surface area contributed by atoms with E-state index in [1.54, 1.807) is 13.0 Å². The zero-order chi connectivity index (χ0) is 14.3. The Morgan fingerprint density at radius 1 is 1.39 bits per heavy atom. The molecule has 0 amide bonds. The molecule has 0 bridgehead atoms. The molecule has 0 heterocycles. The number of ketones is 1. The molecule has 106 valence electrons.